The maximum atomic E-state index is 9.01. The summed E-state index contributed by atoms with van der Waals surface area (Å²) >= 11 is 6.14. The van der Waals surface area contributed by atoms with Gasteiger partial charge in [-0.25, -0.2) is 15.0 Å². The van der Waals surface area contributed by atoms with Crippen LogP contribution < -0.4 is 0 Å². The fraction of sp³-hybridized carbons (Fsp3) is 0. The highest BCUT2D eigenvalue weighted by Gasteiger charge is 2.12. The molecule has 0 amide bonds. The molecule has 0 saturated carbocycles. The van der Waals surface area contributed by atoms with Crippen molar-refractivity contribution in [3.05, 3.63) is 89.4 Å². The number of rotatable bonds is 3. The lowest BCUT2D eigenvalue weighted by Crippen LogP contribution is -2.00. The van der Waals surface area contributed by atoms with Crippen molar-refractivity contribution in [1.29, 1.82) is 5.26 Å². The molecule has 0 atom stereocenters. The van der Waals surface area contributed by atoms with Crippen LogP contribution in [0.1, 0.15) is 5.56 Å². The molecule has 128 valence electrons. The van der Waals surface area contributed by atoms with Gasteiger partial charge in [-0.1, -0.05) is 54.1 Å². The number of nitrogens with zero attached hydrogens (tertiary/aromatic N) is 4. The molecule has 0 radical (unpaired) electrons. The van der Waals surface area contributed by atoms with Gasteiger partial charge in [0.15, 0.2) is 17.5 Å². The molecule has 5 heteroatoms. The first-order valence-electron chi connectivity index (χ1n) is 8.31. The van der Waals surface area contributed by atoms with E-state index >= 15 is 0 Å². The van der Waals surface area contributed by atoms with E-state index in [1.165, 1.54) is 0 Å². The summed E-state index contributed by atoms with van der Waals surface area (Å²) in [5.41, 5.74) is 3.12. The molecular formula is C22H13ClN4. The highest BCUT2D eigenvalue weighted by molar-refractivity contribution is 6.30. The van der Waals surface area contributed by atoms with Crippen LogP contribution >= 0.6 is 11.6 Å². The largest absolute Gasteiger partial charge is 0.208 e. The Morgan fingerprint density at radius 2 is 1.19 bits per heavy atom. The van der Waals surface area contributed by atoms with Gasteiger partial charge in [-0.2, -0.15) is 5.26 Å². The standard InChI is InChI=1S/C22H13ClN4/c23-19-8-4-7-18(13-19)22-26-20(16-5-2-1-3-6-16)25-21(27-22)17-11-9-15(14-24)10-12-17/h1-13H. The summed E-state index contributed by atoms with van der Waals surface area (Å²) in [6.45, 7) is 0. The Balaban J connectivity index is 1.90. The Labute approximate surface area is 161 Å². The molecular weight excluding hydrogens is 356 g/mol. The Morgan fingerprint density at radius 1 is 0.630 bits per heavy atom. The summed E-state index contributed by atoms with van der Waals surface area (Å²) in [6, 6.07) is 26.5. The Kier molecular flexibility index (Phi) is 4.61. The van der Waals surface area contributed by atoms with Crippen LogP contribution in [0.4, 0.5) is 0 Å². The predicted octanol–water partition coefficient (Wildman–Crippen LogP) is 5.40. The normalized spacial score (nSPS) is 10.4. The van der Waals surface area contributed by atoms with Crippen molar-refractivity contribution in [3.63, 3.8) is 0 Å². The van der Waals surface area contributed by atoms with Crippen molar-refractivity contribution in [2.75, 3.05) is 0 Å². The Bertz CT molecular complexity index is 1130. The Morgan fingerprint density at radius 3 is 1.78 bits per heavy atom. The lowest BCUT2D eigenvalue weighted by molar-refractivity contribution is 1.07. The van der Waals surface area contributed by atoms with Gasteiger partial charge in [0.05, 0.1) is 11.6 Å². The van der Waals surface area contributed by atoms with Gasteiger partial charge >= 0.3 is 0 Å². The third kappa shape index (κ3) is 3.69. The molecule has 0 aliphatic heterocycles. The van der Waals surface area contributed by atoms with Gasteiger partial charge in [-0.3, -0.25) is 0 Å². The minimum Gasteiger partial charge on any atom is -0.208 e. The first kappa shape index (κ1) is 16.9. The van der Waals surface area contributed by atoms with Gasteiger partial charge in [-0.15, -0.1) is 0 Å². The molecule has 0 N–H and O–H groups in total. The molecule has 0 aliphatic rings. The number of nitriles is 1. The number of benzene rings is 3. The van der Waals surface area contributed by atoms with Crippen molar-refractivity contribution in [1.82, 2.24) is 15.0 Å². The van der Waals surface area contributed by atoms with Crippen LogP contribution in [0.3, 0.4) is 0 Å². The van der Waals surface area contributed by atoms with E-state index in [9.17, 15) is 0 Å². The van der Waals surface area contributed by atoms with Crippen LogP contribution in [0.15, 0.2) is 78.9 Å². The van der Waals surface area contributed by atoms with E-state index in [0.717, 1.165) is 16.7 Å². The summed E-state index contributed by atoms with van der Waals surface area (Å²) in [6.07, 6.45) is 0. The highest BCUT2D eigenvalue weighted by atomic mass is 35.5. The summed E-state index contributed by atoms with van der Waals surface area (Å²) in [4.78, 5) is 13.9. The second kappa shape index (κ2) is 7.36. The number of hydrogen-bond donors (Lipinski definition) is 0. The average Bonchev–Trinajstić information content (AvgIpc) is 2.74. The fourth-order valence-electron chi connectivity index (χ4n) is 2.67. The molecule has 0 saturated heterocycles. The van der Waals surface area contributed by atoms with E-state index < -0.39 is 0 Å². The van der Waals surface area contributed by atoms with Gasteiger partial charge in [-0.05, 0) is 36.4 Å². The van der Waals surface area contributed by atoms with Crippen molar-refractivity contribution in [3.8, 4) is 40.2 Å². The monoisotopic (exact) mass is 368 g/mol. The number of halogens is 1. The minimum atomic E-state index is 0.545. The first-order chi connectivity index (χ1) is 13.2. The predicted molar refractivity (Wildman–Crippen MR) is 106 cm³/mol. The number of hydrogen-bond acceptors (Lipinski definition) is 4. The summed E-state index contributed by atoms with van der Waals surface area (Å²) in [7, 11) is 0. The smallest absolute Gasteiger partial charge is 0.164 e. The Hall–Kier alpha value is -3.55. The zero-order valence-corrected chi connectivity index (χ0v) is 14.9. The molecule has 4 rings (SSSR count). The average molecular weight is 369 g/mol. The maximum absolute atomic E-state index is 9.01. The maximum Gasteiger partial charge on any atom is 0.164 e. The van der Waals surface area contributed by atoms with Crippen LogP contribution in [0.2, 0.25) is 5.02 Å². The van der Waals surface area contributed by atoms with Crippen molar-refractivity contribution in [2.45, 2.75) is 0 Å². The first-order valence-corrected chi connectivity index (χ1v) is 8.69. The van der Waals surface area contributed by atoms with E-state index in [4.69, 9.17) is 16.9 Å². The molecule has 0 bridgehead atoms. The molecule has 27 heavy (non-hydrogen) atoms. The molecule has 1 aromatic heterocycles. The topological polar surface area (TPSA) is 62.5 Å². The fourth-order valence-corrected chi connectivity index (χ4v) is 2.86. The lowest BCUT2D eigenvalue weighted by Gasteiger charge is -2.08. The van der Waals surface area contributed by atoms with Crippen LogP contribution in [0, 0.1) is 11.3 Å². The van der Waals surface area contributed by atoms with E-state index in [2.05, 4.69) is 21.0 Å². The molecule has 0 fully saturated rings. The zero-order chi connectivity index (χ0) is 18.6. The quantitative estimate of drug-likeness (QED) is 0.486. The lowest BCUT2D eigenvalue weighted by atomic mass is 10.1. The van der Waals surface area contributed by atoms with Crippen LogP contribution in [0.25, 0.3) is 34.2 Å². The summed E-state index contributed by atoms with van der Waals surface area (Å²) in [5, 5.41) is 9.63. The molecule has 0 spiro atoms. The number of aromatic nitrogens is 3. The van der Waals surface area contributed by atoms with Crippen LogP contribution in [0.5, 0.6) is 0 Å². The second-order valence-corrected chi connectivity index (χ2v) is 6.31. The van der Waals surface area contributed by atoms with Crippen molar-refractivity contribution >= 4 is 11.6 Å². The highest BCUT2D eigenvalue weighted by Crippen LogP contribution is 2.26. The van der Waals surface area contributed by atoms with Gasteiger partial charge in [0, 0.05) is 21.7 Å². The molecule has 4 nitrogen and oxygen atoms in total. The summed E-state index contributed by atoms with van der Waals surface area (Å²) in [5.74, 6) is 1.67. The molecule has 0 aliphatic carbocycles. The molecule has 0 unspecified atom stereocenters. The second-order valence-electron chi connectivity index (χ2n) is 5.87. The minimum absolute atomic E-state index is 0.545. The third-order valence-corrected chi connectivity index (χ3v) is 4.26. The van der Waals surface area contributed by atoms with Crippen LogP contribution in [-0.2, 0) is 0 Å². The van der Waals surface area contributed by atoms with Gasteiger partial charge in [0.1, 0.15) is 0 Å². The van der Waals surface area contributed by atoms with Crippen LogP contribution in [-0.4, -0.2) is 15.0 Å². The summed E-state index contributed by atoms with van der Waals surface area (Å²) < 4.78 is 0. The van der Waals surface area contributed by atoms with E-state index in [1.54, 1.807) is 12.1 Å². The van der Waals surface area contributed by atoms with E-state index in [0.29, 0.717) is 28.1 Å². The SMILES string of the molecule is N#Cc1ccc(-c2nc(-c3ccccc3)nc(-c3cccc(Cl)c3)n2)cc1. The van der Waals surface area contributed by atoms with Gasteiger partial charge in [0.25, 0.3) is 0 Å². The van der Waals surface area contributed by atoms with Gasteiger partial charge < -0.3 is 0 Å². The van der Waals surface area contributed by atoms with Gasteiger partial charge in [0.2, 0.25) is 0 Å². The third-order valence-electron chi connectivity index (χ3n) is 4.02. The zero-order valence-electron chi connectivity index (χ0n) is 14.2. The molecule has 3 aromatic carbocycles. The van der Waals surface area contributed by atoms with E-state index in [1.807, 2.05) is 66.7 Å². The van der Waals surface area contributed by atoms with Crippen molar-refractivity contribution in [2.24, 2.45) is 0 Å². The van der Waals surface area contributed by atoms with E-state index in [-0.39, 0.29) is 0 Å². The molecule has 1 heterocycles. The molecule has 4 aromatic rings. The van der Waals surface area contributed by atoms with Crippen molar-refractivity contribution < 1.29 is 0 Å².